The van der Waals surface area contributed by atoms with Crippen LogP contribution in [-0.2, 0) is 14.3 Å². The summed E-state index contributed by atoms with van der Waals surface area (Å²) < 4.78 is 17.2. The van der Waals surface area contributed by atoms with Gasteiger partial charge in [-0.3, -0.25) is 4.79 Å². The van der Waals surface area contributed by atoms with Gasteiger partial charge in [-0.1, -0.05) is 12.1 Å². The van der Waals surface area contributed by atoms with Gasteiger partial charge in [0.15, 0.2) is 17.1 Å². The number of rotatable bonds is 6. The first kappa shape index (κ1) is 28.6. The molecule has 1 saturated heterocycles. The maximum atomic E-state index is 13.1. The van der Waals surface area contributed by atoms with Crippen LogP contribution in [0.1, 0.15) is 17.2 Å². The number of phenols is 4. The number of hydrogen-bond acceptors (Lipinski definition) is 12. The average Bonchev–Trinajstić information content (AvgIpc) is 2.96. The summed E-state index contributed by atoms with van der Waals surface area (Å²) in [6, 6.07) is 13.5. The van der Waals surface area contributed by atoms with Gasteiger partial charge in [0.05, 0.1) is 12.2 Å². The van der Waals surface area contributed by atoms with Crippen molar-refractivity contribution in [1.82, 2.24) is 0 Å². The molecule has 7 N–H and O–H groups in total. The molecule has 0 saturated carbocycles. The Labute approximate surface area is 237 Å². The van der Waals surface area contributed by atoms with E-state index in [0.29, 0.717) is 11.1 Å². The van der Waals surface area contributed by atoms with E-state index in [-0.39, 0.29) is 33.8 Å². The lowest BCUT2D eigenvalue weighted by Crippen LogP contribution is -2.56. The van der Waals surface area contributed by atoms with Crippen LogP contribution in [0.25, 0.3) is 28.4 Å². The first-order valence-electron chi connectivity index (χ1n) is 12.7. The van der Waals surface area contributed by atoms with E-state index in [9.17, 15) is 45.3 Å². The number of aromatic hydroxyl groups is 4. The van der Waals surface area contributed by atoms with Crippen molar-refractivity contribution in [2.45, 2.75) is 30.5 Å². The topological polar surface area (TPSA) is 207 Å². The molecular weight excluding hydrogens is 552 g/mol. The molecule has 4 aromatic rings. The molecule has 1 aliphatic heterocycles. The Morgan fingerprint density at radius 1 is 0.881 bits per heavy atom. The van der Waals surface area contributed by atoms with Crippen molar-refractivity contribution in [1.29, 1.82) is 0 Å². The highest BCUT2D eigenvalue weighted by Crippen LogP contribution is 2.44. The largest absolute Gasteiger partial charge is 0.508 e. The van der Waals surface area contributed by atoms with Crippen molar-refractivity contribution in [3.05, 3.63) is 88.1 Å². The molecule has 12 heteroatoms. The number of aliphatic hydroxyl groups excluding tert-OH is 3. The van der Waals surface area contributed by atoms with Gasteiger partial charge in [-0.05, 0) is 48.0 Å². The van der Waals surface area contributed by atoms with Crippen LogP contribution in [-0.4, -0.2) is 72.7 Å². The van der Waals surface area contributed by atoms with Crippen LogP contribution < -0.4 is 5.43 Å². The number of phenolic OH excluding ortho intramolecular Hbond substituents is 4. The van der Waals surface area contributed by atoms with E-state index in [2.05, 4.69) is 0 Å². The van der Waals surface area contributed by atoms with Crippen molar-refractivity contribution in [3.8, 4) is 34.3 Å². The summed E-state index contributed by atoms with van der Waals surface area (Å²) in [5.74, 6) is -2.30. The molecule has 0 aliphatic carbocycles. The van der Waals surface area contributed by atoms with E-state index in [4.69, 9.17) is 13.9 Å². The normalized spacial score (nSPS) is 22.4. The second kappa shape index (κ2) is 11.5. The monoisotopic (exact) mass is 578 g/mol. The fourth-order valence-corrected chi connectivity index (χ4v) is 4.74. The first-order chi connectivity index (χ1) is 20.1. The molecule has 0 radical (unpaired) electrons. The van der Waals surface area contributed by atoms with Gasteiger partial charge in [0.1, 0.15) is 58.6 Å². The Hall–Kier alpha value is -4.88. The van der Waals surface area contributed by atoms with Gasteiger partial charge in [0.25, 0.3) is 0 Å². The van der Waals surface area contributed by atoms with Crippen LogP contribution in [0.15, 0.2) is 76.0 Å². The van der Waals surface area contributed by atoms with Crippen LogP contribution in [0.5, 0.6) is 23.0 Å². The molecular formula is C30H26O12. The highest BCUT2D eigenvalue weighted by atomic mass is 16.6. The Morgan fingerprint density at radius 2 is 1.52 bits per heavy atom. The Bertz CT molecular complexity index is 1690. The van der Waals surface area contributed by atoms with Gasteiger partial charge in [-0.15, -0.1) is 0 Å². The summed E-state index contributed by atoms with van der Waals surface area (Å²) in [7, 11) is 0. The molecule has 5 atom stereocenters. The second-order valence-corrected chi connectivity index (χ2v) is 9.64. The molecule has 2 heterocycles. The van der Waals surface area contributed by atoms with Crippen LogP contribution in [0.4, 0.5) is 0 Å². The maximum absolute atomic E-state index is 13.1. The lowest BCUT2D eigenvalue weighted by Gasteiger charge is -2.41. The smallest absolute Gasteiger partial charge is 0.331 e. The highest BCUT2D eigenvalue weighted by Gasteiger charge is 2.48. The van der Waals surface area contributed by atoms with Gasteiger partial charge in [0, 0.05) is 23.8 Å². The molecule has 0 unspecified atom stereocenters. The molecule has 5 rings (SSSR count). The van der Waals surface area contributed by atoms with E-state index in [1.807, 2.05) is 0 Å². The predicted molar refractivity (Wildman–Crippen MR) is 147 cm³/mol. The van der Waals surface area contributed by atoms with Crippen molar-refractivity contribution >= 4 is 23.0 Å². The third-order valence-corrected chi connectivity index (χ3v) is 6.86. The van der Waals surface area contributed by atoms with E-state index in [0.717, 1.165) is 18.2 Å². The Balaban J connectivity index is 1.61. The number of benzene rings is 3. The zero-order valence-corrected chi connectivity index (χ0v) is 21.7. The predicted octanol–water partition coefficient (Wildman–Crippen LogP) is 2.06. The van der Waals surface area contributed by atoms with E-state index >= 15 is 0 Å². The molecule has 42 heavy (non-hydrogen) atoms. The van der Waals surface area contributed by atoms with E-state index in [1.165, 1.54) is 54.6 Å². The number of hydrogen-bond donors (Lipinski definition) is 7. The second-order valence-electron chi connectivity index (χ2n) is 9.64. The van der Waals surface area contributed by atoms with Crippen LogP contribution in [0, 0.1) is 0 Å². The zero-order chi connectivity index (χ0) is 30.1. The fraction of sp³-hybridized carbons (Fsp3) is 0.200. The average molecular weight is 579 g/mol. The minimum absolute atomic E-state index is 0.0146. The Kier molecular flexibility index (Phi) is 7.87. The number of carbonyl (C=O) groups is 1. The van der Waals surface area contributed by atoms with E-state index < -0.39 is 60.0 Å². The minimum Gasteiger partial charge on any atom is -0.508 e. The van der Waals surface area contributed by atoms with Gasteiger partial charge in [-0.2, -0.15) is 0 Å². The highest BCUT2D eigenvalue weighted by molar-refractivity contribution is 5.90. The van der Waals surface area contributed by atoms with Gasteiger partial charge >= 0.3 is 5.97 Å². The standard InChI is InChI=1S/C30H26O12/c31-13-22-26(38)27(39)30(42-23(37)10-3-14-1-6-16(32)7-2-14)29(41-22)25-19(35)11-18(34)24-20(36)12-21(40-28(24)25)15-4-8-17(33)9-5-15/h1-12,22,26-27,29-35,38-39H,13H2/b10-3+/t22-,26-,27+,29-,30-/m1/s1. The quantitative estimate of drug-likeness (QED) is 0.130. The molecule has 3 aromatic carbocycles. The summed E-state index contributed by atoms with van der Waals surface area (Å²) in [4.78, 5) is 25.9. The molecule has 1 aromatic heterocycles. The third-order valence-electron chi connectivity index (χ3n) is 6.86. The zero-order valence-electron chi connectivity index (χ0n) is 21.7. The molecule has 0 spiro atoms. The minimum atomic E-state index is -1.83. The maximum Gasteiger partial charge on any atom is 0.331 e. The van der Waals surface area contributed by atoms with Gasteiger partial charge < -0.3 is 49.6 Å². The number of carbonyl (C=O) groups excluding carboxylic acids is 1. The van der Waals surface area contributed by atoms with Gasteiger partial charge in [0.2, 0.25) is 0 Å². The lowest BCUT2D eigenvalue weighted by molar-refractivity contribution is -0.239. The summed E-state index contributed by atoms with van der Waals surface area (Å²) in [6.45, 7) is -0.768. The fourth-order valence-electron chi connectivity index (χ4n) is 4.74. The van der Waals surface area contributed by atoms with Gasteiger partial charge in [-0.25, -0.2) is 4.79 Å². The van der Waals surface area contributed by atoms with E-state index in [1.54, 1.807) is 0 Å². The SMILES string of the molecule is O=C(/C=C/c1ccc(O)cc1)O[C@@H]1[C@@H](O)[C@H](O)[C@@H](CO)O[C@@H]1c1c(O)cc(O)c2c(=O)cc(-c3ccc(O)cc3)oc12. The lowest BCUT2D eigenvalue weighted by atomic mass is 9.89. The first-order valence-corrected chi connectivity index (χ1v) is 12.7. The van der Waals surface area contributed by atoms with Crippen molar-refractivity contribution in [3.63, 3.8) is 0 Å². The van der Waals surface area contributed by atoms with Crippen molar-refractivity contribution in [2.24, 2.45) is 0 Å². The molecule has 0 bridgehead atoms. The molecule has 1 aliphatic rings. The molecule has 218 valence electrons. The molecule has 12 nitrogen and oxygen atoms in total. The van der Waals surface area contributed by atoms with Crippen molar-refractivity contribution in [2.75, 3.05) is 6.61 Å². The number of ether oxygens (including phenoxy) is 2. The summed E-state index contributed by atoms with van der Waals surface area (Å²) in [6.07, 6.45) is -5.84. The van der Waals surface area contributed by atoms with Crippen LogP contribution in [0.2, 0.25) is 0 Å². The molecule has 1 fully saturated rings. The Morgan fingerprint density at radius 3 is 2.17 bits per heavy atom. The summed E-state index contributed by atoms with van der Waals surface area (Å²) in [5.41, 5.74) is -0.484. The summed E-state index contributed by atoms with van der Waals surface area (Å²) >= 11 is 0. The molecule has 0 amide bonds. The third kappa shape index (κ3) is 5.51. The van der Waals surface area contributed by atoms with Crippen LogP contribution >= 0.6 is 0 Å². The number of fused-ring (bicyclic) bond motifs is 1. The number of aliphatic hydroxyl groups is 3. The van der Waals surface area contributed by atoms with Crippen LogP contribution in [0.3, 0.4) is 0 Å². The number of esters is 1. The van der Waals surface area contributed by atoms with Crippen molar-refractivity contribution < 1.29 is 54.4 Å². The summed E-state index contributed by atoms with van der Waals surface area (Å²) in [5, 5.41) is 71.5.